The molecule has 118 valence electrons. The van der Waals surface area contributed by atoms with Crippen LogP contribution in [-0.2, 0) is 0 Å². The Labute approximate surface area is 130 Å². The second-order valence-corrected chi connectivity index (χ2v) is 4.42. The molecule has 0 atom stereocenters. The van der Waals surface area contributed by atoms with Crippen LogP contribution in [0.5, 0.6) is 5.75 Å². The molecule has 0 aliphatic carbocycles. The summed E-state index contributed by atoms with van der Waals surface area (Å²) in [6.07, 6.45) is 2.52. The Morgan fingerprint density at radius 2 is 1.78 bits per heavy atom. The Balaban J connectivity index is 2.14. The highest BCUT2D eigenvalue weighted by Crippen LogP contribution is 2.20. The standard InChI is InChI=1S/C16H11F2NO4/c17-16(18)23-13-8-5-12(6-9-13)15(20)10-7-11-3-1-2-4-14(11)19(21)22/h1-10,16H. The molecule has 0 saturated carbocycles. The molecule has 2 aromatic carbocycles. The second kappa shape index (κ2) is 7.26. The third kappa shape index (κ3) is 4.44. The lowest BCUT2D eigenvalue weighted by Crippen LogP contribution is -2.02. The number of para-hydroxylation sites is 1. The van der Waals surface area contributed by atoms with Gasteiger partial charge in [0.05, 0.1) is 10.5 Å². The van der Waals surface area contributed by atoms with Crippen LogP contribution in [-0.4, -0.2) is 17.3 Å². The van der Waals surface area contributed by atoms with Crippen molar-refractivity contribution in [3.8, 4) is 5.75 Å². The van der Waals surface area contributed by atoms with Crippen molar-refractivity contribution in [1.29, 1.82) is 0 Å². The van der Waals surface area contributed by atoms with E-state index >= 15 is 0 Å². The average Bonchev–Trinajstić information content (AvgIpc) is 2.53. The SMILES string of the molecule is O=C(C=Cc1ccccc1[N+](=O)[O-])c1ccc(OC(F)F)cc1. The summed E-state index contributed by atoms with van der Waals surface area (Å²) in [5, 5.41) is 10.9. The highest BCUT2D eigenvalue weighted by Gasteiger charge is 2.10. The van der Waals surface area contributed by atoms with Crippen LogP contribution in [0.4, 0.5) is 14.5 Å². The molecule has 0 spiro atoms. The maximum absolute atomic E-state index is 12.0. The van der Waals surface area contributed by atoms with Crippen LogP contribution in [0.3, 0.4) is 0 Å². The first-order valence-electron chi connectivity index (χ1n) is 6.48. The van der Waals surface area contributed by atoms with Crippen molar-refractivity contribution >= 4 is 17.5 Å². The van der Waals surface area contributed by atoms with Gasteiger partial charge in [-0.15, -0.1) is 0 Å². The number of allylic oxidation sites excluding steroid dienone is 1. The molecule has 0 saturated heterocycles. The first-order valence-corrected chi connectivity index (χ1v) is 6.48. The number of rotatable bonds is 6. The predicted octanol–water partition coefficient (Wildman–Crippen LogP) is 4.09. The van der Waals surface area contributed by atoms with Crippen LogP contribution in [0.2, 0.25) is 0 Å². The maximum Gasteiger partial charge on any atom is 0.387 e. The highest BCUT2D eigenvalue weighted by atomic mass is 19.3. The summed E-state index contributed by atoms with van der Waals surface area (Å²) in [6, 6.07) is 11.2. The summed E-state index contributed by atoms with van der Waals surface area (Å²) in [5.74, 6) is -0.467. The van der Waals surface area contributed by atoms with Crippen molar-refractivity contribution < 1.29 is 23.2 Å². The quantitative estimate of drug-likeness (QED) is 0.348. The molecular formula is C16H11F2NO4. The van der Waals surface area contributed by atoms with Crippen LogP contribution in [0.25, 0.3) is 6.08 Å². The molecule has 7 heteroatoms. The minimum Gasteiger partial charge on any atom is -0.435 e. The van der Waals surface area contributed by atoms with Gasteiger partial charge in [-0.3, -0.25) is 14.9 Å². The largest absolute Gasteiger partial charge is 0.435 e. The van der Waals surface area contributed by atoms with E-state index in [9.17, 15) is 23.7 Å². The van der Waals surface area contributed by atoms with Gasteiger partial charge in [0, 0.05) is 11.6 Å². The van der Waals surface area contributed by atoms with E-state index in [-0.39, 0.29) is 17.0 Å². The number of halogens is 2. The van der Waals surface area contributed by atoms with Crippen LogP contribution in [0, 0.1) is 10.1 Å². The molecule has 23 heavy (non-hydrogen) atoms. The number of ketones is 1. The Morgan fingerprint density at radius 1 is 1.13 bits per heavy atom. The second-order valence-electron chi connectivity index (χ2n) is 4.42. The van der Waals surface area contributed by atoms with E-state index in [1.54, 1.807) is 6.07 Å². The number of benzene rings is 2. The summed E-state index contributed by atoms with van der Waals surface area (Å²) in [6.45, 7) is -2.94. The lowest BCUT2D eigenvalue weighted by Gasteiger charge is -2.04. The summed E-state index contributed by atoms with van der Waals surface area (Å²) in [4.78, 5) is 22.3. The van der Waals surface area contributed by atoms with E-state index < -0.39 is 17.3 Å². The number of alkyl halides is 2. The van der Waals surface area contributed by atoms with Gasteiger partial charge >= 0.3 is 6.61 Å². The minimum absolute atomic E-state index is 0.0563. The molecule has 0 heterocycles. The lowest BCUT2D eigenvalue weighted by molar-refractivity contribution is -0.385. The van der Waals surface area contributed by atoms with E-state index in [1.807, 2.05) is 0 Å². The van der Waals surface area contributed by atoms with Crippen LogP contribution >= 0.6 is 0 Å². The number of ether oxygens (including phenoxy) is 1. The number of nitrogens with zero attached hydrogens (tertiary/aromatic N) is 1. The third-order valence-electron chi connectivity index (χ3n) is 2.91. The van der Waals surface area contributed by atoms with Crippen molar-refractivity contribution in [2.75, 3.05) is 0 Å². The monoisotopic (exact) mass is 319 g/mol. The highest BCUT2D eigenvalue weighted by molar-refractivity contribution is 6.07. The molecule has 0 unspecified atom stereocenters. The first-order chi connectivity index (χ1) is 11.0. The maximum atomic E-state index is 12.0. The van der Waals surface area contributed by atoms with E-state index in [0.29, 0.717) is 5.56 Å². The van der Waals surface area contributed by atoms with Crippen molar-refractivity contribution in [2.45, 2.75) is 6.61 Å². The van der Waals surface area contributed by atoms with Crippen molar-refractivity contribution in [3.63, 3.8) is 0 Å². The smallest absolute Gasteiger partial charge is 0.387 e. The number of nitro benzene ring substituents is 1. The van der Waals surface area contributed by atoms with Crippen LogP contribution in [0.1, 0.15) is 15.9 Å². The molecule has 0 amide bonds. The van der Waals surface area contributed by atoms with Gasteiger partial charge in [0.1, 0.15) is 5.75 Å². The molecule has 0 N–H and O–H groups in total. The van der Waals surface area contributed by atoms with Gasteiger partial charge in [-0.2, -0.15) is 8.78 Å². The van der Waals surface area contributed by atoms with Gasteiger partial charge in [0.15, 0.2) is 5.78 Å². The van der Waals surface area contributed by atoms with E-state index in [1.165, 1.54) is 54.6 Å². The predicted molar refractivity (Wildman–Crippen MR) is 79.5 cm³/mol. The fourth-order valence-corrected chi connectivity index (χ4v) is 1.86. The van der Waals surface area contributed by atoms with Crippen LogP contribution in [0.15, 0.2) is 54.6 Å². The molecule has 0 aliphatic heterocycles. The zero-order valence-electron chi connectivity index (χ0n) is 11.7. The molecule has 0 radical (unpaired) electrons. The fourth-order valence-electron chi connectivity index (χ4n) is 1.86. The molecule has 5 nitrogen and oxygen atoms in total. The van der Waals surface area contributed by atoms with Crippen LogP contribution < -0.4 is 4.74 Å². The number of hydrogen-bond donors (Lipinski definition) is 0. The Hall–Kier alpha value is -3.09. The van der Waals surface area contributed by atoms with E-state index in [0.717, 1.165) is 0 Å². The summed E-state index contributed by atoms with van der Waals surface area (Å²) < 4.78 is 28.3. The molecule has 0 aliphatic rings. The van der Waals surface area contributed by atoms with Crippen molar-refractivity contribution in [2.24, 2.45) is 0 Å². The Morgan fingerprint density at radius 3 is 2.39 bits per heavy atom. The zero-order chi connectivity index (χ0) is 16.8. The van der Waals surface area contributed by atoms with Gasteiger partial charge in [-0.05, 0) is 42.5 Å². The molecule has 2 aromatic rings. The Kier molecular flexibility index (Phi) is 5.14. The number of nitro groups is 1. The lowest BCUT2D eigenvalue weighted by atomic mass is 10.1. The van der Waals surface area contributed by atoms with E-state index in [2.05, 4.69) is 4.74 Å². The van der Waals surface area contributed by atoms with Gasteiger partial charge in [-0.25, -0.2) is 0 Å². The van der Waals surface area contributed by atoms with Crippen molar-refractivity contribution in [3.05, 3.63) is 75.8 Å². The molecule has 0 fully saturated rings. The van der Waals surface area contributed by atoms with Gasteiger partial charge in [-0.1, -0.05) is 12.1 Å². The number of carbonyl (C=O) groups excluding carboxylic acids is 1. The van der Waals surface area contributed by atoms with Crippen molar-refractivity contribution in [1.82, 2.24) is 0 Å². The fraction of sp³-hybridized carbons (Fsp3) is 0.0625. The van der Waals surface area contributed by atoms with E-state index in [4.69, 9.17) is 0 Å². The number of hydrogen-bond acceptors (Lipinski definition) is 4. The molecular weight excluding hydrogens is 308 g/mol. The normalized spacial score (nSPS) is 10.9. The minimum atomic E-state index is -2.94. The average molecular weight is 319 g/mol. The summed E-state index contributed by atoms with van der Waals surface area (Å²) in [7, 11) is 0. The third-order valence-corrected chi connectivity index (χ3v) is 2.91. The molecule has 0 bridgehead atoms. The summed E-state index contributed by atoms with van der Waals surface area (Å²) in [5.41, 5.74) is 0.433. The van der Waals surface area contributed by atoms with Gasteiger partial charge < -0.3 is 4.74 Å². The first kappa shape index (κ1) is 16.3. The summed E-state index contributed by atoms with van der Waals surface area (Å²) >= 11 is 0. The molecule has 2 rings (SSSR count). The van der Waals surface area contributed by atoms with Gasteiger partial charge in [0.25, 0.3) is 5.69 Å². The molecule has 0 aromatic heterocycles. The zero-order valence-corrected chi connectivity index (χ0v) is 11.7. The number of carbonyl (C=O) groups is 1. The topological polar surface area (TPSA) is 69.4 Å². The van der Waals surface area contributed by atoms with Gasteiger partial charge in [0.2, 0.25) is 0 Å². The Bertz CT molecular complexity index is 742.